The van der Waals surface area contributed by atoms with E-state index in [1.54, 1.807) is 11.3 Å². The summed E-state index contributed by atoms with van der Waals surface area (Å²) in [7, 11) is 0. The highest BCUT2D eigenvalue weighted by molar-refractivity contribution is 7.15. The van der Waals surface area contributed by atoms with E-state index in [-0.39, 0.29) is 11.8 Å². The van der Waals surface area contributed by atoms with Crippen LogP contribution in [-0.4, -0.2) is 57.6 Å². The summed E-state index contributed by atoms with van der Waals surface area (Å²) in [5.74, 6) is 1.92. The Labute approximate surface area is 194 Å². The van der Waals surface area contributed by atoms with Crippen molar-refractivity contribution >= 4 is 34.6 Å². The second-order valence-electron chi connectivity index (χ2n) is 8.40. The molecule has 0 saturated carbocycles. The molecule has 164 valence electrons. The molecule has 7 nitrogen and oxygen atoms in total. The molecule has 0 radical (unpaired) electrons. The zero-order valence-electron chi connectivity index (χ0n) is 17.7. The smallest absolute Gasteiger partial charge is 0.226 e. The molecule has 0 spiro atoms. The van der Waals surface area contributed by atoms with E-state index in [1.165, 1.54) is 10.4 Å². The number of benzene rings is 1. The van der Waals surface area contributed by atoms with E-state index in [4.69, 9.17) is 21.3 Å². The van der Waals surface area contributed by atoms with Crippen molar-refractivity contribution in [2.75, 3.05) is 26.3 Å². The van der Waals surface area contributed by atoms with Gasteiger partial charge in [0.05, 0.1) is 18.9 Å². The van der Waals surface area contributed by atoms with Crippen LogP contribution in [0.1, 0.15) is 33.2 Å². The number of aryl methyl sites for hydroxylation is 1. The maximum Gasteiger partial charge on any atom is 0.226 e. The molecule has 6 rings (SSSR count). The summed E-state index contributed by atoms with van der Waals surface area (Å²) in [6.07, 6.45) is 1.51. The summed E-state index contributed by atoms with van der Waals surface area (Å²) in [6, 6.07) is 7.82. The number of amides is 1. The van der Waals surface area contributed by atoms with E-state index in [0.717, 1.165) is 46.3 Å². The third-order valence-corrected chi connectivity index (χ3v) is 7.95. The number of nitrogens with zero attached hydrogens (tertiary/aromatic N) is 5. The van der Waals surface area contributed by atoms with Gasteiger partial charge in [0.15, 0.2) is 5.82 Å². The van der Waals surface area contributed by atoms with E-state index in [9.17, 15) is 4.79 Å². The van der Waals surface area contributed by atoms with Gasteiger partial charge >= 0.3 is 0 Å². The van der Waals surface area contributed by atoms with Crippen LogP contribution >= 0.6 is 22.9 Å². The Bertz CT molecular complexity index is 1240. The standard InChI is InChI=1S/C23H22ClN5O2S/c1-13-26-27-19-12-25-21(14-2-4-16(24)5-3-14)20-17-10-15(11-18(17)32-23(20)29(13)19)22(30)28-6-8-31-9-7-28/h2-5,15H,6-12H2,1H3. The first-order valence-electron chi connectivity index (χ1n) is 10.8. The summed E-state index contributed by atoms with van der Waals surface area (Å²) < 4.78 is 7.55. The third kappa shape index (κ3) is 3.20. The minimum atomic E-state index is -0.0177. The van der Waals surface area contributed by atoms with E-state index in [1.807, 2.05) is 36.1 Å². The maximum atomic E-state index is 13.2. The van der Waals surface area contributed by atoms with Crippen LogP contribution in [-0.2, 0) is 28.9 Å². The molecule has 4 heterocycles. The third-order valence-electron chi connectivity index (χ3n) is 6.45. The van der Waals surface area contributed by atoms with Crippen LogP contribution in [0.15, 0.2) is 29.3 Å². The number of rotatable bonds is 2. The molecular formula is C23H22ClN5O2S. The van der Waals surface area contributed by atoms with Crippen LogP contribution in [0.25, 0.3) is 5.00 Å². The number of aromatic nitrogens is 3. The van der Waals surface area contributed by atoms with Crippen LogP contribution in [0.5, 0.6) is 0 Å². The lowest BCUT2D eigenvalue weighted by atomic mass is 9.97. The fourth-order valence-corrected chi connectivity index (χ4v) is 6.49. The van der Waals surface area contributed by atoms with Crippen LogP contribution in [0.2, 0.25) is 5.02 Å². The van der Waals surface area contributed by atoms with Gasteiger partial charge in [-0.3, -0.25) is 14.4 Å². The molecule has 3 aliphatic rings. The molecule has 1 aliphatic carbocycles. The van der Waals surface area contributed by atoms with Crippen LogP contribution < -0.4 is 0 Å². The predicted molar refractivity (Wildman–Crippen MR) is 123 cm³/mol. The molecule has 0 bridgehead atoms. The molecule has 1 saturated heterocycles. The minimum absolute atomic E-state index is 0.0177. The Morgan fingerprint density at radius 1 is 1.16 bits per heavy atom. The monoisotopic (exact) mass is 467 g/mol. The molecule has 1 atom stereocenters. The van der Waals surface area contributed by atoms with Gasteiger partial charge in [0.1, 0.15) is 17.4 Å². The molecule has 3 aromatic rings. The number of thiophene rings is 1. The summed E-state index contributed by atoms with van der Waals surface area (Å²) >= 11 is 7.90. The first-order valence-corrected chi connectivity index (χ1v) is 12.0. The van der Waals surface area contributed by atoms with Crippen LogP contribution in [0.4, 0.5) is 0 Å². The summed E-state index contributed by atoms with van der Waals surface area (Å²) in [4.78, 5) is 21.4. The van der Waals surface area contributed by atoms with Gasteiger partial charge in [0.25, 0.3) is 0 Å². The Morgan fingerprint density at radius 3 is 2.72 bits per heavy atom. The minimum Gasteiger partial charge on any atom is -0.378 e. The van der Waals surface area contributed by atoms with Gasteiger partial charge in [-0.25, -0.2) is 0 Å². The molecular weight excluding hydrogens is 446 g/mol. The molecule has 9 heteroatoms. The zero-order valence-corrected chi connectivity index (χ0v) is 19.2. The van der Waals surface area contributed by atoms with Crippen LogP contribution in [0, 0.1) is 12.8 Å². The average molecular weight is 468 g/mol. The summed E-state index contributed by atoms with van der Waals surface area (Å²) in [5.41, 5.74) is 4.33. The SMILES string of the molecule is Cc1nnc2n1-c1sc3c(c1C(c1ccc(Cl)cc1)=NC2)CC(C(=O)N1CCOCC1)C3. The Balaban J connectivity index is 1.43. The van der Waals surface area contributed by atoms with Gasteiger partial charge in [-0.15, -0.1) is 21.5 Å². The fourth-order valence-electron chi connectivity index (χ4n) is 4.88. The van der Waals surface area contributed by atoms with E-state index in [2.05, 4.69) is 14.8 Å². The largest absolute Gasteiger partial charge is 0.378 e. The lowest BCUT2D eigenvalue weighted by molar-refractivity contribution is -0.139. The molecule has 1 unspecified atom stereocenters. The van der Waals surface area contributed by atoms with Gasteiger partial charge in [-0.2, -0.15) is 0 Å². The van der Waals surface area contributed by atoms with Crippen molar-refractivity contribution < 1.29 is 9.53 Å². The van der Waals surface area contributed by atoms with Crippen molar-refractivity contribution in [1.29, 1.82) is 0 Å². The second-order valence-corrected chi connectivity index (χ2v) is 9.92. The summed E-state index contributed by atoms with van der Waals surface area (Å²) in [5, 5.41) is 10.5. The Hall–Kier alpha value is -2.55. The first-order chi connectivity index (χ1) is 15.6. The lowest BCUT2D eigenvalue weighted by Gasteiger charge is -2.29. The number of aliphatic imine (C=N–C) groups is 1. The Kier molecular flexibility index (Phi) is 4.89. The van der Waals surface area contributed by atoms with Gasteiger partial charge in [0.2, 0.25) is 5.91 Å². The number of hydrogen-bond acceptors (Lipinski definition) is 6. The molecule has 1 fully saturated rings. The highest BCUT2D eigenvalue weighted by Crippen LogP contribution is 2.43. The van der Waals surface area contributed by atoms with Gasteiger partial charge in [-0.1, -0.05) is 23.7 Å². The highest BCUT2D eigenvalue weighted by Gasteiger charge is 2.38. The second kappa shape index (κ2) is 7.79. The van der Waals surface area contributed by atoms with Crippen molar-refractivity contribution in [2.24, 2.45) is 10.9 Å². The average Bonchev–Trinajstić information content (AvgIpc) is 3.45. The van der Waals surface area contributed by atoms with Gasteiger partial charge in [0, 0.05) is 40.0 Å². The number of carbonyl (C=O) groups is 1. The zero-order chi connectivity index (χ0) is 21.8. The first kappa shape index (κ1) is 20.1. The Morgan fingerprint density at radius 2 is 1.94 bits per heavy atom. The van der Waals surface area contributed by atoms with Gasteiger partial charge < -0.3 is 9.64 Å². The van der Waals surface area contributed by atoms with Crippen molar-refractivity contribution in [2.45, 2.75) is 26.3 Å². The quantitative estimate of drug-likeness (QED) is 0.580. The molecule has 2 aromatic heterocycles. The number of carbonyl (C=O) groups excluding carboxylic acids is 1. The molecule has 2 aliphatic heterocycles. The molecule has 32 heavy (non-hydrogen) atoms. The van der Waals surface area contributed by atoms with Crippen LogP contribution in [0.3, 0.4) is 0 Å². The highest BCUT2D eigenvalue weighted by atomic mass is 35.5. The number of ether oxygens (including phenoxy) is 1. The maximum absolute atomic E-state index is 13.2. The number of hydrogen-bond donors (Lipinski definition) is 0. The van der Waals surface area contributed by atoms with Gasteiger partial charge in [-0.05, 0) is 37.5 Å². The number of fused-ring (bicyclic) bond motifs is 5. The number of halogens is 1. The normalized spacial score (nSPS) is 19.8. The molecule has 0 N–H and O–H groups in total. The number of morpholine rings is 1. The van der Waals surface area contributed by atoms with E-state index < -0.39 is 0 Å². The predicted octanol–water partition coefficient (Wildman–Crippen LogP) is 3.22. The van der Waals surface area contributed by atoms with E-state index in [0.29, 0.717) is 37.9 Å². The van der Waals surface area contributed by atoms with Crippen molar-refractivity contribution in [3.8, 4) is 5.00 Å². The van der Waals surface area contributed by atoms with Crippen molar-refractivity contribution in [3.05, 3.63) is 62.5 Å². The summed E-state index contributed by atoms with van der Waals surface area (Å²) in [6.45, 7) is 5.05. The van der Waals surface area contributed by atoms with Crippen molar-refractivity contribution in [1.82, 2.24) is 19.7 Å². The lowest BCUT2D eigenvalue weighted by Crippen LogP contribution is -2.44. The molecule has 1 aromatic carbocycles. The van der Waals surface area contributed by atoms with E-state index >= 15 is 0 Å². The molecule has 1 amide bonds. The topological polar surface area (TPSA) is 72.6 Å². The fraction of sp³-hybridized carbons (Fsp3) is 0.391. The van der Waals surface area contributed by atoms with Crippen molar-refractivity contribution in [3.63, 3.8) is 0 Å².